The first-order valence-electron chi connectivity index (χ1n) is 11.8. The van der Waals surface area contributed by atoms with Crippen molar-refractivity contribution in [3.8, 4) is 17.0 Å². The van der Waals surface area contributed by atoms with Crippen LogP contribution in [0.15, 0.2) is 24.4 Å². The van der Waals surface area contributed by atoms with Gasteiger partial charge in [-0.05, 0) is 63.5 Å². The first kappa shape index (κ1) is 28.5. The van der Waals surface area contributed by atoms with Gasteiger partial charge in [-0.2, -0.15) is 0 Å². The molecule has 0 bridgehead atoms. The van der Waals surface area contributed by atoms with Crippen LogP contribution in [0.1, 0.15) is 52.9 Å². The van der Waals surface area contributed by atoms with E-state index < -0.39 is 20.0 Å². The fourth-order valence-electron chi connectivity index (χ4n) is 2.95. The van der Waals surface area contributed by atoms with Gasteiger partial charge in [0.05, 0.1) is 24.2 Å². The topological polar surface area (TPSA) is 99.6 Å². The third-order valence-corrected chi connectivity index (χ3v) is 10.3. The summed E-state index contributed by atoms with van der Waals surface area (Å²) in [5.74, 6) is 0.406. The molecular weight excluding hydrogens is 462 g/mol. The Kier molecular flexibility index (Phi) is 9.19. The number of aryl methyl sites for hydroxylation is 1. The van der Waals surface area contributed by atoms with Crippen LogP contribution >= 0.6 is 0 Å². The molecule has 1 N–H and O–H groups in total. The van der Waals surface area contributed by atoms with Crippen molar-refractivity contribution in [2.45, 2.75) is 78.6 Å². The maximum Gasteiger partial charge on any atom is 0.412 e. The average molecular weight is 502 g/mol. The molecular formula is C26H39N3O5Si. The molecule has 0 atom stereocenters. The second-order valence-corrected chi connectivity index (χ2v) is 15.8. The Morgan fingerprint density at radius 2 is 1.77 bits per heavy atom. The highest BCUT2D eigenvalue weighted by molar-refractivity contribution is 6.74. The molecule has 9 heteroatoms. The van der Waals surface area contributed by atoms with Crippen LogP contribution in [0.3, 0.4) is 0 Å². The van der Waals surface area contributed by atoms with Crippen LogP contribution in [0.2, 0.25) is 18.1 Å². The van der Waals surface area contributed by atoms with Gasteiger partial charge in [0.1, 0.15) is 18.5 Å². The SMILES string of the molecule is Cc1ncc(NC(=O)OC(C)(C)C)cc1-c1cc(CC=O)nc(OCCO[Si](C)(C)C(C)(C)C)c1. The second-order valence-electron chi connectivity index (χ2n) is 11.0. The van der Waals surface area contributed by atoms with Crippen LogP contribution in [0.25, 0.3) is 11.1 Å². The zero-order valence-corrected chi connectivity index (χ0v) is 23.4. The monoisotopic (exact) mass is 501 g/mol. The van der Waals surface area contributed by atoms with E-state index in [1.54, 1.807) is 27.0 Å². The molecule has 2 aromatic rings. The summed E-state index contributed by atoms with van der Waals surface area (Å²) in [4.78, 5) is 32.3. The first-order valence-corrected chi connectivity index (χ1v) is 14.7. The molecule has 2 rings (SSSR count). The van der Waals surface area contributed by atoms with Crippen molar-refractivity contribution < 1.29 is 23.5 Å². The predicted molar refractivity (Wildman–Crippen MR) is 140 cm³/mol. The molecule has 1 amide bonds. The molecule has 0 aliphatic rings. The van der Waals surface area contributed by atoms with Crippen molar-refractivity contribution in [2.75, 3.05) is 18.5 Å². The molecule has 0 unspecified atom stereocenters. The lowest BCUT2D eigenvalue weighted by molar-refractivity contribution is -0.107. The van der Waals surface area contributed by atoms with Crippen molar-refractivity contribution in [3.05, 3.63) is 35.8 Å². The minimum Gasteiger partial charge on any atom is -0.475 e. The number of carbonyl (C=O) groups is 2. The number of hydrogen-bond donors (Lipinski definition) is 1. The molecule has 0 aliphatic heterocycles. The van der Waals surface area contributed by atoms with Crippen LogP contribution in [-0.2, 0) is 20.4 Å². The van der Waals surface area contributed by atoms with E-state index in [-0.39, 0.29) is 11.5 Å². The molecule has 8 nitrogen and oxygen atoms in total. The van der Waals surface area contributed by atoms with Gasteiger partial charge in [-0.1, -0.05) is 20.8 Å². The quantitative estimate of drug-likeness (QED) is 0.258. The minimum absolute atomic E-state index is 0.116. The van der Waals surface area contributed by atoms with E-state index in [9.17, 15) is 9.59 Å². The molecule has 35 heavy (non-hydrogen) atoms. The van der Waals surface area contributed by atoms with Gasteiger partial charge in [-0.25, -0.2) is 9.78 Å². The molecule has 0 spiro atoms. The van der Waals surface area contributed by atoms with Gasteiger partial charge in [0.25, 0.3) is 0 Å². The number of nitrogens with one attached hydrogen (secondary N) is 1. The summed E-state index contributed by atoms with van der Waals surface area (Å²) in [5.41, 5.74) is 2.81. The highest BCUT2D eigenvalue weighted by Gasteiger charge is 2.36. The van der Waals surface area contributed by atoms with Crippen LogP contribution in [-0.4, -0.2) is 49.5 Å². The van der Waals surface area contributed by atoms with E-state index in [1.807, 2.05) is 25.1 Å². The number of carbonyl (C=O) groups excluding carboxylic acids is 2. The van der Waals surface area contributed by atoms with Gasteiger partial charge >= 0.3 is 6.09 Å². The molecule has 0 radical (unpaired) electrons. The highest BCUT2D eigenvalue weighted by atomic mass is 28.4. The Hall–Kier alpha value is -2.78. The minimum atomic E-state index is -1.87. The lowest BCUT2D eigenvalue weighted by Crippen LogP contribution is -2.41. The Labute approximate surface area is 209 Å². The summed E-state index contributed by atoms with van der Waals surface area (Å²) in [7, 11) is -1.87. The fourth-order valence-corrected chi connectivity index (χ4v) is 3.98. The van der Waals surface area contributed by atoms with Gasteiger partial charge < -0.3 is 18.7 Å². The van der Waals surface area contributed by atoms with Crippen LogP contribution < -0.4 is 10.1 Å². The van der Waals surface area contributed by atoms with E-state index in [4.69, 9.17) is 13.9 Å². The number of hydrogen-bond acceptors (Lipinski definition) is 7. The number of rotatable bonds is 9. The summed E-state index contributed by atoms with van der Waals surface area (Å²) in [6, 6.07) is 5.45. The average Bonchev–Trinajstić information content (AvgIpc) is 2.70. The molecule has 0 saturated heterocycles. The molecule has 0 aromatic carbocycles. The lowest BCUT2D eigenvalue weighted by atomic mass is 10.0. The Bertz CT molecular complexity index is 1040. The Morgan fingerprint density at radius 3 is 2.37 bits per heavy atom. The fraction of sp³-hybridized carbons (Fsp3) is 0.538. The lowest BCUT2D eigenvalue weighted by Gasteiger charge is -2.36. The summed E-state index contributed by atoms with van der Waals surface area (Å²) in [5, 5.41) is 2.84. The molecule has 2 aromatic heterocycles. The van der Waals surface area contributed by atoms with E-state index in [0.717, 1.165) is 23.1 Å². The number of anilines is 1. The van der Waals surface area contributed by atoms with E-state index in [1.165, 1.54) is 0 Å². The zero-order valence-electron chi connectivity index (χ0n) is 22.4. The molecule has 0 saturated carbocycles. The molecule has 2 heterocycles. The molecule has 0 fully saturated rings. The van der Waals surface area contributed by atoms with E-state index in [2.05, 4.69) is 49.1 Å². The third kappa shape index (κ3) is 8.74. The van der Waals surface area contributed by atoms with E-state index in [0.29, 0.717) is 30.5 Å². The Balaban J connectivity index is 2.24. The number of pyridine rings is 2. The van der Waals surface area contributed by atoms with Crippen molar-refractivity contribution in [2.24, 2.45) is 0 Å². The maximum atomic E-state index is 12.2. The first-order chi connectivity index (χ1) is 16.1. The molecule has 192 valence electrons. The third-order valence-electron chi connectivity index (χ3n) is 5.79. The van der Waals surface area contributed by atoms with E-state index >= 15 is 0 Å². The predicted octanol–water partition coefficient (Wildman–Crippen LogP) is 5.94. The smallest absolute Gasteiger partial charge is 0.412 e. The van der Waals surface area contributed by atoms with Crippen molar-refractivity contribution in [3.63, 3.8) is 0 Å². The normalized spacial score (nSPS) is 12.3. The number of aldehydes is 1. The van der Waals surface area contributed by atoms with Crippen LogP contribution in [0.4, 0.5) is 10.5 Å². The van der Waals surface area contributed by atoms with Crippen LogP contribution in [0.5, 0.6) is 5.88 Å². The maximum absolute atomic E-state index is 12.2. The summed E-state index contributed by atoms with van der Waals surface area (Å²) >= 11 is 0. The van der Waals surface area contributed by atoms with Gasteiger partial charge in [0.2, 0.25) is 5.88 Å². The standard InChI is InChI=1S/C26H39N3O5Si/c1-18-22(16-21(17-27-18)29-24(31)34-25(2,3)4)19-14-20(10-11-30)28-23(15-19)32-12-13-33-35(8,9)26(5,6)7/h11,14-17H,10,12-13H2,1-9H3,(H,29,31). The highest BCUT2D eigenvalue weighted by Crippen LogP contribution is 2.36. The van der Waals surface area contributed by atoms with Crippen molar-refractivity contribution >= 4 is 26.4 Å². The summed E-state index contributed by atoms with van der Waals surface area (Å²) < 4.78 is 17.4. The largest absolute Gasteiger partial charge is 0.475 e. The Morgan fingerprint density at radius 1 is 1.09 bits per heavy atom. The summed E-state index contributed by atoms with van der Waals surface area (Å²) in [6.07, 6.45) is 1.98. The van der Waals surface area contributed by atoms with Gasteiger partial charge in [-0.3, -0.25) is 10.3 Å². The summed E-state index contributed by atoms with van der Waals surface area (Å²) in [6.45, 7) is 19.1. The van der Waals surface area contributed by atoms with Crippen LogP contribution in [0, 0.1) is 6.92 Å². The zero-order chi connectivity index (χ0) is 26.4. The molecule has 0 aliphatic carbocycles. The van der Waals surface area contributed by atoms with Gasteiger partial charge in [-0.15, -0.1) is 0 Å². The van der Waals surface area contributed by atoms with Gasteiger partial charge in [0, 0.05) is 23.7 Å². The van der Waals surface area contributed by atoms with Crippen molar-refractivity contribution in [1.29, 1.82) is 0 Å². The number of ether oxygens (including phenoxy) is 2. The van der Waals surface area contributed by atoms with Crippen molar-refractivity contribution in [1.82, 2.24) is 9.97 Å². The van der Waals surface area contributed by atoms with Gasteiger partial charge in [0.15, 0.2) is 8.32 Å². The second kappa shape index (κ2) is 11.3. The number of aromatic nitrogens is 2. The number of amides is 1. The number of nitrogens with zero attached hydrogens (tertiary/aromatic N) is 2.